The lowest BCUT2D eigenvalue weighted by atomic mass is 10.2. The minimum atomic E-state index is -0.604. The Labute approximate surface area is 69.4 Å². The Morgan fingerprint density at radius 3 is 2.50 bits per heavy atom. The average molecular weight is 172 g/mol. The fourth-order valence-electron chi connectivity index (χ4n) is 0.942. The van der Waals surface area contributed by atoms with E-state index in [4.69, 9.17) is 5.73 Å². The third-order valence-electron chi connectivity index (χ3n) is 1.63. The molecule has 0 amide bonds. The number of hydrogen-bond donors (Lipinski definition) is 2. The van der Waals surface area contributed by atoms with Crippen LogP contribution in [0.2, 0.25) is 0 Å². The van der Waals surface area contributed by atoms with E-state index in [1.807, 2.05) is 0 Å². The van der Waals surface area contributed by atoms with Crippen molar-refractivity contribution in [2.45, 2.75) is 6.54 Å². The Hall–Kier alpha value is -1.16. The van der Waals surface area contributed by atoms with Crippen LogP contribution in [0.25, 0.3) is 0 Å². The van der Waals surface area contributed by atoms with E-state index in [2.05, 4.69) is 5.32 Å². The van der Waals surface area contributed by atoms with Gasteiger partial charge in [-0.1, -0.05) is 0 Å². The second-order valence-electron chi connectivity index (χ2n) is 2.38. The van der Waals surface area contributed by atoms with Crippen molar-refractivity contribution in [3.8, 4) is 0 Å². The van der Waals surface area contributed by atoms with Crippen LogP contribution in [0, 0.1) is 11.6 Å². The Bertz CT molecular complexity index is 261. The first-order valence-corrected chi connectivity index (χ1v) is 3.54. The molecule has 0 radical (unpaired) electrons. The molecule has 0 fully saturated rings. The maximum Gasteiger partial charge on any atom is 0.149 e. The van der Waals surface area contributed by atoms with Crippen LogP contribution >= 0.6 is 0 Å². The third-order valence-corrected chi connectivity index (χ3v) is 1.63. The van der Waals surface area contributed by atoms with Crippen LogP contribution < -0.4 is 11.1 Å². The zero-order valence-electron chi connectivity index (χ0n) is 6.70. The van der Waals surface area contributed by atoms with Crippen LogP contribution in [0.15, 0.2) is 12.1 Å². The van der Waals surface area contributed by atoms with Gasteiger partial charge in [0.1, 0.15) is 11.6 Å². The predicted molar refractivity (Wildman–Crippen MR) is 43.8 cm³/mol. The molecule has 0 bridgehead atoms. The minimum Gasteiger partial charge on any atom is -0.386 e. The number of anilines is 1. The molecule has 3 N–H and O–H groups in total. The lowest BCUT2D eigenvalue weighted by Crippen LogP contribution is -2.03. The normalized spacial score (nSPS) is 10.0. The summed E-state index contributed by atoms with van der Waals surface area (Å²) in [6.07, 6.45) is 0. The maximum atomic E-state index is 12.8. The largest absolute Gasteiger partial charge is 0.386 e. The van der Waals surface area contributed by atoms with Gasteiger partial charge in [-0.05, 0) is 6.07 Å². The molecule has 66 valence electrons. The standard InChI is InChI=1S/C8H10F2N2/c1-12-8-2-5(4-11)6(9)3-7(8)10/h2-3,12H,4,11H2,1H3. The molecule has 0 unspecified atom stereocenters. The van der Waals surface area contributed by atoms with E-state index in [-0.39, 0.29) is 12.2 Å². The lowest BCUT2D eigenvalue weighted by molar-refractivity contribution is 0.575. The van der Waals surface area contributed by atoms with E-state index in [0.717, 1.165) is 6.07 Å². The first-order chi connectivity index (χ1) is 5.69. The van der Waals surface area contributed by atoms with Gasteiger partial charge in [-0.25, -0.2) is 8.78 Å². The number of nitrogens with two attached hydrogens (primary N) is 1. The van der Waals surface area contributed by atoms with Gasteiger partial charge in [0.2, 0.25) is 0 Å². The zero-order valence-corrected chi connectivity index (χ0v) is 6.70. The second-order valence-corrected chi connectivity index (χ2v) is 2.38. The van der Waals surface area contributed by atoms with Gasteiger partial charge in [-0.3, -0.25) is 0 Å². The quantitative estimate of drug-likeness (QED) is 0.708. The molecule has 0 aromatic heterocycles. The number of nitrogens with one attached hydrogen (secondary N) is 1. The van der Waals surface area contributed by atoms with Crippen LogP contribution in [0.1, 0.15) is 5.56 Å². The van der Waals surface area contributed by atoms with Crippen molar-refractivity contribution in [1.82, 2.24) is 0 Å². The summed E-state index contributed by atoms with van der Waals surface area (Å²) in [6.45, 7) is 0.0702. The number of rotatable bonds is 2. The van der Waals surface area contributed by atoms with E-state index in [0.29, 0.717) is 5.56 Å². The smallest absolute Gasteiger partial charge is 0.149 e. The lowest BCUT2D eigenvalue weighted by Gasteiger charge is -2.05. The summed E-state index contributed by atoms with van der Waals surface area (Å²) >= 11 is 0. The summed E-state index contributed by atoms with van der Waals surface area (Å²) in [7, 11) is 1.57. The van der Waals surface area contributed by atoms with Gasteiger partial charge in [-0.2, -0.15) is 0 Å². The molecule has 0 spiro atoms. The Kier molecular flexibility index (Phi) is 2.60. The highest BCUT2D eigenvalue weighted by Gasteiger charge is 2.06. The predicted octanol–water partition coefficient (Wildman–Crippen LogP) is 1.47. The van der Waals surface area contributed by atoms with Crippen molar-refractivity contribution < 1.29 is 8.78 Å². The highest BCUT2D eigenvalue weighted by atomic mass is 19.1. The molecule has 0 saturated carbocycles. The van der Waals surface area contributed by atoms with E-state index in [1.165, 1.54) is 6.07 Å². The second kappa shape index (κ2) is 3.49. The molecule has 1 aromatic carbocycles. The molecule has 0 aliphatic carbocycles. The van der Waals surface area contributed by atoms with Crippen LogP contribution in [-0.4, -0.2) is 7.05 Å². The molecule has 4 heteroatoms. The number of halogens is 2. The monoisotopic (exact) mass is 172 g/mol. The SMILES string of the molecule is CNc1cc(CN)c(F)cc1F. The summed E-state index contributed by atoms with van der Waals surface area (Å²) < 4.78 is 25.6. The molecule has 12 heavy (non-hydrogen) atoms. The number of hydrogen-bond acceptors (Lipinski definition) is 2. The van der Waals surface area contributed by atoms with Crippen molar-refractivity contribution in [3.63, 3.8) is 0 Å². The van der Waals surface area contributed by atoms with E-state index in [1.54, 1.807) is 7.05 Å². The first kappa shape index (κ1) is 8.93. The van der Waals surface area contributed by atoms with Crippen LogP contribution in [0.4, 0.5) is 14.5 Å². The highest BCUT2D eigenvalue weighted by Crippen LogP contribution is 2.18. The van der Waals surface area contributed by atoms with Gasteiger partial charge >= 0.3 is 0 Å². The molecule has 1 rings (SSSR count). The topological polar surface area (TPSA) is 38.0 Å². The van der Waals surface area contributed by atoms with Crippen molar-refractivity contribution in [3.05, 3.63) is 29.3 Å². The summed E-state index contributed by atoms with van der Waals surface area (Å²) in [4.78, 5) is 0. The van der Waals surface area contributed by atoms with Crippen molar-refractivity contribution in [2.24, 2.45) is 5.73 Å². The molecule has 0 heterocycles. The van der Waals surface area contributed by atoms with Gasteiger partial charge in [0.25, 0.3) is 0 Å². The Balaban J connectivity index is 3.18. The van der Waals surface area contributed by atoms with Gasteiger partial charge < -0.3 is 11.1 Å². The van der Waals surface area contributed by atoms with Gasteiger partial charge in [0.15, 0.2) is 0 Å². The summed E-state index contributed by atoms with van der Waals surface area (Å²) in [6, 6.07) is 2.19. The molecule has 0 aliphatic heterocycles. The van der Waals surface area contributed by atoms with Crippen LogP contribution in [0.5, 0.6) is 0 Å². The van der Waals surface area contributed by atoms with Gasteiger partial charge in [0.05, 0.1) is 5.69 Å². The van der Waals surface area contributed by atoms with E-state index < -0.39 is 11.6 Å². The molecular formula is C8H10F2N2. The first-order valence-electron chi connectivity index (χ1n) is 3.54. The zero-order chi connectivity index (χ0) is 9.14. The Morgan fingerprint density at radius 2 is 2.00 bits per heavy atom. The van der Waals surface area contributed by atoms with Crippen molar-refractivity contribution >= 4 is 5.69 Å². The van der Waals surface area contributed by atoms with Gasteiger partial charge in [-0.15, -0.1) is 0 Å². The molecule has 0 saturated heterocycles. The van der Waals surface area contributed by atoms with E-state index in [9.17, 15) is 8.78 Å². The molecular weight excluding hydrogens is 162 g/mol. The Morgan fingerprint density at radius 1 is 1.33 bits per heavy atom. The maximum absolute atomic E-state index is 12.8. The fourth-order valence-corrected chi connectivity index (χ4v) is 0.942. The third kappa shape index (κ3) is 1.53. The van der Waals surface area contributed by atoms with Crippen molar-refractivity contribution in [1.29, 1.82) is 0 Å². The highest BCUT2D eigenvalue weighted by molar-refractivity contribution is 5.47. The van der Waals surface area contributed by atoms with Gasteiger partial charge in [0, 0.05) is 25.2 Å². The average Bonchev–Trinajstić information content (AvgIpc) is 2.05. The summed E-state index contributed by atoms with van der Waals surface area (Å²) in [5, 5.41) is 2.60. The molecule has 0 atom stereocenters. The van der Waals surface area contributed by atoms with Crippen LogP contribution in [0.3, 0.4) is 0 Å². The van der Waals surface area contributed by atoms with Crippen molar-refractivity contribution in [2.75, 3.05) is 12.4 Å². The minimum absolute atomic E-state index is 0.0702. The van der Waals surface area contributed by atoms with Crippen LogP contribution in [-0.2, 0) is 6.54 Å². The molecule has 2 nitrogen and oxygen atoms in total. The fraction of sp³-hybridized carbons (Fsp3) is 0.250. The number of benzene rings is 1. The molecule has 0 aliphatic rings. The summed E-state index contributed by atoms with van der Waals surface area (Å²) in [5.41, 5.74) is 5.80. The summed E-state index contributed by atoms with van der Waals surface area (Å²) in [5.74, 6) is -1.21. The molecule has 1 aromatic rings. The van der Waals surface area contributed by atoms with E-state index >= 15 is 0 Å².